The Morgan fingerprint density at radius 2 is 2.39 bits per heavy atom. The van der Waals surface area contributed by atoms with Gasteiger partial charge in [0.05, 0.1) is 0 Å². The summed E-state index contributed by atoms with van der Waals surface area (Å²) < 4.78 is 0. The molecule has 0 aromatic heterocycles. The van der Waals surface area contributed by atoms with Gasteiger partial charge in [-0.15, -0.1) is 0 Å². The molecule has 2 aliphatic rings. The molecule has 1 fully saturated rings. The highest BCUT2D eigenvalue weighted by atomic mass is 35.5. The highest BCUT2D eigenvalue weighted by molar-refractivity contribution is 6.29. The number of hydrogen-bond acceptors (Lipinski definition) is 1. The molecular formula is C16H23ClO. The van der Waals surface area contributed by atoms with Gasteiger partial charge in [-0.1, -0.05) is 43.2 Å². The van der Waals surface area contributed by atoms with Crippen LogP contribution in [0, 0.1) is 17.3 Å². The molecule has 0 aromatic rings. The van der Waals surface area contributed by atoms with E-state index >= 15 is 0 Å². The van der Waals surface area contributed by atoms with Crippen LogP contribution in [0.4, 0.5) is 0 Å². The van der Waals surface area contributed by atoms with Gasteiger partial charge < -0.3 is 0 Å². The molecule has 0 radical (unpaired) electrons. The van der Waals surface area contributed by atoms with Gasteiger partial charge in [-0.05, 0) is 43.9 Å². The lowest BCUT2D eigenvalue weighted by Gasteiger charge is -2.40. The Morgan fingerprint density at radius 3 is 3.06 bits per heavy atom. The van der Waals surface area contributed by atoms with Crippen molar-refractivity contribution >= 4 is 17.4 Å². The van der Waals surface area contributed by atoms with Crippen LogP contribution in [0.25, 0.3) is 0 Å². The quantitative estimate of drug-likeness (QED) is 0.667. The summed E-state index contributed by atoms with van der Waals surface area (Å²) in [5.74, 6) is 1.23. The van der Waals surface area contributed by atoms with Crippen LogP contribution in [0.1, 0.15) is 52.9 Å². The number of carbonyl (C=O) groups is 1. The van der Waals surface area contributed by atoms with Gasteiger partial charge in [-0.2, -0.15) is 0 Å². The highest BCUT2D eigenvalue weighted by Crippen LogP contribution is 2.53. The fourth-order valence-electron chi connectivity index (χ4n) is 3.78. The Kier molecular flexibility index (Phi) is 4.01. The normalized spacial score (nSPS) is 34.2. The minimum atomic E-state index is 0.128. The fraction of sp³-hybridized carbons (Fsp3) is 0.688. The van der Waals surface area contributed by atoms with Gasteiger partial charge in [0.2, 0.25) is 0 Å². The Bertz CT molecular complexity index is 403. The Morgan fingerprint density at radius 1 is 1.67 bits per heavy atom. The number of ketones is 1. The van der Waals surface area contributed by atoms with E-state index in [-0.39, 0.29) is 11.3 Å². The molecule has 0 spiro atoms. The van der Waals surface area contributed by atoms with Crippen LogP contribution in [0.5, 0.6) is 0 Å². The molecule has 2 aliphatic carbocycles. The van der Waals surface area contributed by atoms with Crippen molar-refractivity contribution in [1.29, 1.82) is 0 Å². The van der Waals surface area contributed by atoms with Crippen LogP contribution >= 0.6 is 11.6 Å². The first-order valence-corrected chi connectivity index (χ1v) is 7.38. The predicted octanol–water partition coefficient (Wildman–Crippen LogP) is 4.86. The smallest absolute Gasteiger partial charge is 0.137 e. The number of Topliss-reactive ketones (excluding diaryl/α,β-unsaturated/α-hetero) is 1. The molecular weight excluding hydrogens is 244 g/mol. The van der Waals surface area contributed by atoms with Gasteiger partial charge in [0.15, 0.2) is 0 Å². The van der Waals surface area contributed by atoms with E-state index in [0.29, 0.717) is 11.7 Å². The van der Waals surface area contributed by atoms with Gasteiger partial charge in [-0.3, -0.25) is 4.79 Å². The zero-order valence-corrected chi connectivity index (χ0v) is 12.4. The van der Waals surface area contributed by atoms with E-state index in [9.17, 15) is 4.79 Å². The second kappa shape index (κ2) is 5.21. The van der Waals surface area contributed by atoms with Gasteiger partial charge in [0, 0.05) is 17.4 Å². The van der Waals surface area contributed by atoms with Gasteiger partial charge in [0.1, 0.15) is 5.78 Å². The van der Waals surface area contributed by atoms with E-state index in [1.54, 1.807) is 0 Å². The molecule has 0 aromatic carbocycles. The topological polar surface area (TPSA) is 17.1 Å². The van der Waals surface area contributed by atoms with Crippen molar-refractivity contribution in [3.63, 3.8) is 0 Å². The minimum Gasteiger partial charge on any atom is -0.299 e. The summed E-state index contributed by atoms with van der Waals surface area (Å²) in [6.45, 7) is 6.47. The van der Waals surface area contributed by atoms with Crippen molar-refractivity contribution in [3.8, 4) is 0 Å². The lowest BCUT2D eigenvalue weighted by atomic mass is 9.63. The molecule has 0 bridgehead atoms. The average Bonchev–Trinajstić information content (AvgIpc) is 2.64. The molecule has 2 heteroatoms. The second-order valence-corrected chi connectivity index (χ2v) is 6.71. The van der Waals surface area contributed by atoms with E-state index in [1.165, 1.54) is 12.0 Å². The molecule has 3 atom stereocenters. The first kappa shape index (κ1) is 13.9. The molecule has 1 nitrogen and oxygen atoms in total. The Balaban J connectivity index is 2.15. The summed E-state index contributed by atoms with van der Waals surface area (Å²) in [6.07, 6.45) is 9.38. The molecule has 1 saturated carbocycles. The summed E-state index contributed by atoms with van der Waals surface area (Å²) in [4.78, 5) is 12.0. The van der Waals surface area contributed by atoms with Crippen molar-refractivity contribution in [1.82, 2.24) is 0 Å². The zero-order chi connectivity index (χ0) is 13.3. The lowest BCUT2D eigenvalue weighted by Crippen LogP contribution is -2.36. The first-order valence-electron chi connectivity index (χ1n) is 7.00. The van der Waals surface area contributed by atoms with Crippen molar-refractivity contribution in [2.45, 2.75) is 52.9 Å². The largest absolute Gasteiger partial charge is 0.299 e. The zero-order valence-electron chi connectivity index (χ0n) is 11.6. The summed E-state index contributed by atoms with van der Waals surface area (Å²) >= 11 is 5.91. The molecule has 100 valence electrons. The number of allylic oxidation sites excluding steroid dienone is 4. The SMILES string of the molecule is C/C(Cl)=C/C[C@@H](C)C1=CC[C@H]2C(=O)CCC[C@]12C. The van der Waals surface area contributed by atoms with Crippen LogP contribution < -0.4 is 0 Å². The number of rotatable bonds is 3. The lowest BCUT2D eigenvalue weighted by molar-refractivity contribution is -0.128. The van der Waals surface area contributed by atoms with Gasteiger partial charge >= 0.3 is 0 Å². The molecule has 0 amide bonds. The standard InChI is InChI=1S/C16H23ClO/c1-11(6-7-12(2)17)13-8-9-14-15(18)5-4-10-16(13,14)3/h7-8,11,14H,4-6,9-10H2,1-3H3/b12-7-/t11-,14+,16-/m1/s1. The van der Waals surface area contributed by atoms with Crippen molar-refractivity contribution in [2.24, 2.45) is 17.3 Å². The third-order valence-corrected chi connectivity index (χ3v) is 4.95. The third kappa shape index (κ3) is 2.42. The molecule has 18 heavy (non-hydrogen) atoms. The van der Waals surface area contributed by atoms with E-state index in [2.05, 4.69) is 26.0 Å². The molecule has 0 N–H and O–H groups in total. The van der Waals surface area contributed by atoms with E-state index < -0.39 is 0 Å². The summed E-state index contributed by atoms with van der Waals surface area (Å²) in [5, 5.41) is 0.863. The minimum absolute atomic E-state index is 0.128. The maximum absolute atomic E-state index is 12.0. The van der Waals surface area contributed by atoms with Gasteiger partial charge in [0.25, 0.3) is 0 Å². The summed E-state index contributed by atoms with van der Waals surface area (Å²) in [5.41, 5.74) is 1.62. The monoisotopic (exact) mass is 266 g/mol. The molecule has 0 unspecified atom stereocenters. The van der Waals surface area contributed by atoms with Gasteiger partial charge in [-0.25, -0.2) is 0 Å². The molecule has 0 heterocycles. The van der Waals surface area contributed by atoms with E-state index in [1.807, 2.05) is 6.92 Å². The number of carbonyl (C=O) groups excluding carboxylic acids is 1. The fourth-order valence-corrected chi connectivity index (χ4v) is 3.87. The van der Waals surface area contributed by atoms with E-state index in [4.69, 9.17) is 11.6 Å². The maximum Gasteiger partial charge on any atom is 0.137 e. The average molecular weight is 267 g/mol. The molecule has 0 aliphatic heterocycles. The number of fused-ring (bicyclic) bond motifs is 1. The number of hydrogen-bond donors (Lipinski definition) is 0. The summed E-state index contributed by atoms with van der Waals surface area (Å²) in [6, 6.07) is 0. The van der Waals surface area contributed by atoms with Crippen molar-refractivity contribution < 1.29 is 4.79 Å². The van der Waals surface area contributed by atoms with Crippen molar-refractivity contribution in [2.75, 3.05) is 0 Å². The molecule has 2 rings (SSSR count). The van der Waals surface area contributed by atoms with E-state index in [0.717, 1.165) is 30.7 Å². The maximum atomic E-state index is 12.0. The van der Waals surface area contributed by atoms with Crippen LogP contribution in [-0.2, 0) is 4.79 Å². The second-order valence-electron chi connectivity index (χ2n) is 6.11. The van der Waals surface area contributed by atoms with Crippen LogP contribution in [0.2, 0.25) is 0 Å². The highest BCUT2D eigenvalue weighted by Gasteiger charge is 2.47. The molecule has 0 saturated heterocycles. The Labute approximate surface area is 115 Å². The van der Waals surface area contributed by atoms with Crippen molar-refractivity contribution in [3.05, 3.63) is 22.8 Å². The first-order chi connectivity index (χ1) is 8.45. The third-order valence-electron chi connectivity index (χ3n) is 4.79. The number of halogens is 1. The van der Waals surface area contributed by atoms with Crippen LogP contribution in [-0.4, -0.2) is 5.78 Å². The predicted molar refractivity (Wildman–Crippen MR) is 76.5 cm³/mol. The summed E-state index contributed by atoms with van der Waals surface area (Å²) in [7, 11) is 0. The Hall–Kier alpha value is -0.560. The van der Waals surface area contributed by atoms with Crippen LogP contribution in [0.3, 0.4) is 0 Å². The van der Waals surface area contributed by atoms with Crippen LogP contribution in [0.15, 0.2) is 22.8 Å².